The van der Waals surface area contributed by atoms with Crippen molar-refractivity contribution >= 4 is 23.4 Å². The van der Waals surface area contributed by atoms with E-state index in [1.165, 1.54) is 0 Å². The molecule has 2 aromatic carbocycles. The standard InChI is InChI=1S/C27H33ClN2O4/c1-27(2,3)21-17-19(16-20(18-21)26(32)30-12-14-33-15-13-30)25(31)29-10-8-24(9-11-29)34-23-6-4-22(28)5-7-23/h4-7,16-18,24H,8-15H2,1-3H3. The average Bonchev–Trinajstić information content (AvgIpc) is 2.85. The molecule has 0 saturated carbocycles. The third-order valence-corrected chi connectivity index (χ3v) is 6.69. The zero-order valence-corrected chi connectivity index (χ0v) is 20.9. The van der Waals surface area contributed by atoms with Gasteiger partial charge in [-0.1, -0.05) is 32.4 Å². The first-order valence-corrected chi connectivity index (χ1v) is 12.3. The molecule has 0 spiro atoms. The molecular weight excluding hydrogens is 452 g/mol. The summed E-state index contributed by atoms with van der Waals surface area (Å²) in [4.78, 5) is 30.3. The number of benzene rings is 2. The highest BCUT2D eigenvalue weighted by Crippen LogP contribution is 2.27. The molecular formula is C27H33ClN2O4. The quantitative estimate of drug-likeness (QED) is 0.625. The molecule has 2 fully saturated rings. The summed E-state index contributed by atoms with van der Waals surface area (Å²) >= 11 is 5.95. The Morgan fingerprint density at radius 1 is 0.882 bits per heavy atom. The Morgan fingerprint density at radius 3 is 1.94 bits per heavy atom. The Kier molecular flexibility index (Phi) is 7.48. The molecule has 2 saturated heterocycles. The van der Waals surface area contributed by atoms with E-state index in [1.807, 2.05) is 41.3 Å². The van der Waals surface area contributed by atoms with Gasteiger partial charge in [-0.2, -0.15) is 0 Å². The van der Waals surface area contributed by atoms with Gasteiger partial charge in [0.2, 0.25) is 0 Å². The van der Waals surface area contributed by atoms with Gasteiger partial charge in [0.15, 0.2) is 0 Å². The largest absolute Gasteiger partial charge is 0.490 e. The van der Waals surface area contributed by atoms with E-state index in [9.17, 15) is 9.59 Å². The van der Waals surface area contributed by atoms with Crippen molar-refractivity contribution in [1.29, 1.82) is 0 Å². The van der Waals surface area contributed by atoms with Gasteiger partial charge < -0.3 is 19.3 Å². The summed E-state index contributed by atoms with van der Waals surface area (Å²) in [5, 5.41) is 0.678. The minimum absolute atomic E-state index is 0.0351. The van der Waals surface area contributed by atoms with Gasteiger partial charge in [-0.3, -0.25) is 9.59 Å². The maximum absolute atomic E-state index is 13.5. The number of carbonyl (C=O) groups excluding carboxylic acids is 2. The van der Waals surface area contributed by atoms with E-state index in [4.69, 9.17) is 21.1 Å². The Balaban J connectivity index is 1.47. The lowest BCUT2D eigenvalue weighted by Crippen LogP contribution is -2.42. The highest BCUT2D eigenvalue weighted by Gasteiger charge is 2.28. The van der Waals surface area contributed by atoms with Crippen LogP contribution in [0.4, 0.5) is 0 Å². The third kappa shape index (κ3) is 5.91. The van der Waals surface area contributed by atoms with E-state index in [-0.39, 0.29) is 23.3 Å². The lowest BCUT2D eigenvalue weighted by molar-refractivity contribution is 0.0302. The van der Waals surface area contributed by atoms with Crippen LogP contribution in [0, 0.1) is 0 Å². The third-order valence-electron chi connectivity index (χ3n) is 6.44. The van der Waals surface area contributed by atoms with Crippen molar-refractivity contribution in [3.8, 4) is 5.75 Å². The van der Waals surface area contributed by atoms with Crippen LogP contribution in [0.3, 0.4) is 0 Å². The van der Waals surface area contributed by atoms with E-state index < -0.39 is 0 Å². The number of halogens is 1. The fourth-order valence-corrected chi connectivity index (χ4v) is 4.45. The number of carbonyl (C=O) groups is 2. The summed E-state index contributed by atoms with van der Waals surface area (Å²) in [6, 6.07) is 13.0. The molecule has 182 valence electrons. The lowest BCUT2D eigenvalue weighted by atomic mass is 9.84. The summed E-state index contributed by atoms with van der Waals surface area (Å²) < 4.78 is 11.5. The molecule has 2 aliphatic heterocycles. The Hall–Kier alpha value is -2.57. The summed E-state index contributed by atoms with van der Waals surface area (Å²) in [6.45, 7) is 9.75. The van der Waals surface area contributed by atoms with Gasteiger partial charge >= 0.3 is 0 Å². The molecule has 2 aliphatic rings. The molecule has 2 aromatic rings. The van der Waals surface area contributed by atoms with Crippen LogP contribution in [0.1, 0.15) is 59.9 Å². The van der Waals surface area contributed by atoms with Crippen molar-refractivity contribution in [2.45, 2.75) is 45.1 Å². The molecule has 2 heterocycles. The fourth-order valence-electron chi connectivity index (χ4n) is 4.32. The molecule has 0 atom stereocenters. The second kappa shape index (κ2) is 10.4. The normalized spacial score (nSPS) is 17.5. The monoisotopic (exact) mass is 484 g/mol. The zero-order chi connectivity index (χ0) is 24.3. The van der Waals surface area contributed by atoms with Gasteiger partial charge in [-0.15, -0.1) is 0 Å². The SMILES string of the molecule is CC(C)(C)c1cc(C(=O)N2CCOCC2)cc(C(=O)N2CCC(Oc3ccc(Cl)cc3)CC2)c1. The maximum atomic E-state index is 13.5. The van der Waals surface area contributed by atoms with Gasteiger partial charge in [0, 0.05) is 55.2 Å². The summed E-state index contributed by atoms with van der Waals surface area (Å²) in [5.74, 6) is 0.712. The van der Waals surface area contributed by atoms with Gasteiger partial charge in [0.1, 0.15) is 11.9 Å². The van der Waals surface area contributed by atoms with Gasteiger partial charge in [-0.25, -0.2) is 0 Å². The number of morpholine rings is 1. The predicted molar refractivity (Wildman–Crippen MR) is 133 cm³/mol. The van der Waals surface area contributed by atoms with E-state index in [0.717, 1.165) is 24.2 Å². The van der Waals surface area contributed by atoms with Gasteiger partial charge in [0.25, 0.3) is 11.8 Å². The second-order valence-electron chi connectivity index (χ2n) is 10.0. The van der Waals surface area contributed by atoms with Crippen molar-refractivity contribution in [3.63, 3.8) is 0 Å². The topological polar surface area (TPSA) is 59.1 Å². The van der Waals surface area contributed by atoms with Crippen LogP contribution in [0.2, 0.25) is 5.02 Å². The van der Waals surface area contributed by atoms with Crippen LogP contribution in [-0.2, 0) is 10.2 Å². The highest BCUT2D eigenvalue weighted by molar-refractivity contribution is 6.30. The molecule has 2 amide bonds. The zero-order valence-electron chi connectivity index (χ0n) is 20.2. The van der Waals surface area contributed by atoms with E-state index in [2.05, 4.69) is 20.8 Å². The van der Waals surface area contributed by atoms with E-state index in [0.29, 0.717) is 55.5 Å². The molecule has 34 heavy (non-hydrogen) atoms. The lowest BCUT2D eigenvalue weighted by Gasteiger charge is -2.33. The molecule has 7 heteroatoms. The van der Waals surface area contributed by atoms with Crippen LogP contribution in [0.5, 0.6) is 5.75 Å². The first-order valence-electron chi connectivity index (χ1n) is 11.9. The number of hydrogen-bond donors (Lipinski definition) is 0. The molecule has 0 unspecified atom stereocenters. The van der Waals surface area contributed by atoms with Crippen LogP contribution in [0.25, 0.3) is 0 Å². The van der Waals surface area contributed by atoms with Crippen LogP contribution in [0.15, 0.2) is 42.5 Å². The van der Waals surface area contributed by atoms with Crippen molar-refractivity contribution in [3.05, 3.63) is 64.2 Å². The Bertz CT molecular complexity index is 1020. The highest BCUT2D eigenvalue weighted by atomic mass is 35.5. The summed E-state index contributed by atoms with van der Waals surface area (Å²) in [5.41, 5.74) is 1.94. The molecule has 0 bridgehead atoms. The van der Waals surface area contributed by atoms with Crippen molar-refractivity contribution in [2.24, 2.45) is 0 Å². The molecule has 6 nitrogen and oxygen atoms in total. The number of rotatable bonds is 4. The smallest absolute Gasteiger partial charge is 0.254 e. The first-order chi connectivity index (χ1) is 16.2. The second-order valence-corrected chi connectivity index (χ2v) is 10.5. The van der Waals surface area contributed by atoms with E-state index >= 15 is 0 Å². The molecule has 0 N–H and O–H groups in total. The van der Waals surface area contributed by atoms with Crippen molar-refractivity contribution in [1.82, 2.24) is 9.80 Å². The molecule has 0 radical (unpaired) electrons. The Labute approximate surface area is 206 Å². The number of piperidine rings is 1. The Morgan fingerprint density at radius 2 is 1.41 bits per heavy atom. The number of ether oxygens (including phenoxy) is 2. The van der Waals surface area contributed by atoms with Gasteiger partial charge in [0.05, 0.1) is 13.2 Å². The summed E-state index contributed by atoms with van der Waals surface area (Å²) in [6.07, 6.45) is 1.57. The average molecular weight is 485 g/mol. The first kappa shape index (κ1) is 24.6. The van der Waals surface area contributed by atoms with Crippen LogP contribution >= 0.6 is 11.6 Å². The fraction of sp³-hybridized carbons (Fsp3) is 0.481. The molecule has 0 aromatic heterocycles. The van der Waals surface area contributed by atoms with Crippen molar-refractivity contribution < 1.29 is 19.1 Å². The predicted octanol–water partition coefficient (Wildman–Crippen LogP) is 4.79. The molecule has 0 aliphatic carbocycles. The maximum Gasteiger partial charge on any atom is 0.254 e. The molecule has 4 rings (SSSR count). The number of likely N-dealkylation sites (tertiary alicyclic amines) is 1. The number of nitrogens with zero attached hydrogens (tertiary/aromatic N) is 2. The van der Waals surface area contributed by atoms with E-state index in [1.54, 1.807) is 11.0 Å². The number of hydrogen-bond acceptors (Lipinski definition) is 4. The minimum atomic E-state index is -0.185. The minimum Gasteiger partial charge on any atom is -0.490 e. The van der Waals surface area contributed by atoms with Crippen LogP contribution in [-0.4, -0.2) is 67.1 Å². The number of amides is 2. The van der Waals surface area contributed by atoms with Gasteiger partial charge in [-0.05, 0) is 53.4 Å². The van der Waals surface area contributed by atoms with Crippen molar-refractivity contribution in [2.75, 3.05) is 39.4 Å². The van der Waals surface area contributed by atoms with Crippen LogP contribution < -0.4 is 4.74 Å². The summed E-state index contributed by atoms with van der Waals surface area (Å²) in [7, 11) is 0.